The molecule has 16 heavy (non-hydrogen) atoms. The molecule has 2 aliphatic rings. The summed E-state index contributed by atoms with van der Waals surface area (Å²) in [6, 6.07) is 0. The van der Waals surface area contributed by atoms with E-state index >= 15 is 0 Å². The van der Waals surface area contributed by atoms with Crippen LogP contribution in [-0.2, 0) is 4.74 Å². The van der Waals surface area contributed by atoms with Gasteiger partial charge in [-0.25, -0.2) is 0 Å². The molecule has 0 aliphatic carbocycles. The first-order chi connectivity index (χ1) is 7.62. The van der Waals surface area contributed by atoms with Crippen molar-refractivity contribution in [2.24, 2.45) is 5.41 Å². The monoisotopic (exact) mass is 226 g/mol. The second-order valence-electron chi connectivity index (χ2n) is 6.13. The lowest BCUT2D eigenvalue weighted by Gasteiger charge is -2.40. The molecule has 0 spiro atoms. The molecule has 0 amide bonds. The third-order valence-corrected chi connectivity index (χ3v) is 4.19. The number of hydrogen-bond acceptors (Lipinski definition) is 3. The van der Waals surface area contributed by atoms with Crippen molar-refractivity contribution >= 4 is 0 Å². The SMILES string of the molecule is CC1(CNC2(C)CCCOC2)CCNCC1. The standard InChI is InChI=1S/C13H26N2O/c1-12(5-7-14-8-6-12)10-15-13(2)4-3-9-16-11-13/h14-15H,3-11H2,1-2H3. The molecule has 0 radical (unpaired) electrons. The Kier molecular flexibility index (Phi) is 3.88. The van der Waals surface area contributed by atoms with Crippen LogP contribution in [0.1, 0.15) is 39.5 Å². The lowest BCUT2D eigenvalue weighted by Crippen LogP contribution is -2.53. The van der Waals surface area contributed by atoms with Gasteiger partial charge in [-0.1, -0.05) is 6.92 Å². The highest BCUT2D eigenvalue weighted by Crippen LogP contribution is 2.28. The van der Waals surface area contributed by atoms with Crippen LogP contribution in [-0.4, -0.2) is 38.4 Å². The minimum Gasteiger partial charge on any atom is -0.380 e. The molecule has 0 saturated carbocycles. The zero-order chi connectivity index (χ0) is 11.5. The Morgan fingerprint density at radius 2 is 1.94 bits per heavy atom. The summed E-state index contributed by atoms with van der Waals surface area (Å²) in [6.07, 6.45) is 5.02. The molecule has 2 heterocycles. The van der Waals surface area contributed by atoms with Gasteiger partial charge in [-0.05, 0) is 51.1 Å². The van der Waals surface area contributed by atoms with Gasteiger partial charge in [-0.2, -0.15) is 0 Å². The molecule has 1 atom stereocenters. The van der Waals surface area contributed by atoms with Gasteiger partial charge in [0.15, 0.2) is 0 Å². The van der Waals surface area contributed by atoms with Crippen LogP contribution in [0, 0.1) is 5.41 Å². The third kappa shape index (κ3) is 3.19. The van der Waals surface area contributed by atoms with Crippen LogP contribution >= 0.6 is 0 Å². The smallest absolute Gasteiger partial charge is 0.0645 e. The zero-order valence-electron chi connectivity index (χ0n) is 10.8. The molecule has 2 N–H and O–H groups in total. The van der Waals surface area contributed by atoms with Gasteiger partial charge in [-0.15, -0.1) is 0 Å². The van der Waals surface area contributed by atoms with Gasteiger partial charge >= 0.3 is 0 Å². The predicted molar refractivity (Wildman–Crippen MR) is 66.7 cm³/mol. The lowest BCUT2D eigenvalue weighted by molar-refractivity contribution is 0.0218. The summed E-state index contributed by atoms with van der Waals surface area (Å²) >= 11 is 0. The molecular formula is C13H26N2O. The Morgan fingerprint density at radius 1 is 1.19 bits per heavy atom. The lowest BCUT2D eigenvalue weighted by atomic mass is 9.80. The van der Waals surface area contributed by atoms with Gasteiger partial charge in [0.25, 0.3) is 0 Å². The second kappa shape index (κ2) is 5.03. The first-order valence-electron chi connectivity index (χ1n) is 6.66. The number of rotatable bonds is 3. The van der Waals surface area contributed by atoms with Crippen LogP contribution in [0.3, 0.4) is 0 Å². The molecule has 2 fully saturated rings. The van der Waals surface area contributed by atoms with Crippen molar-refractivity contribution in [3.63, 3.8) is 0 Å². The fourth-order valence-corrected chi connectivity index (χ4v) is 2.71. The van der Waals surface area contributed by atoms with Gasteiger partial charge < -0.3 is 15.4 Å². The molecule has 2 saturated heterocycles. The minimum absolute atomic E-state index is 0.214. The summed E-state index contributed by atoms with van der Waals surface area (Å²) < 4.78 is 5.58. The highest BCUT2D eigenvalue weighted by Gasteiger charge is 2.32. The van der Waals surface area contributed by atoms with Crippen molar-refractivity contribution in [2.45, 2.75) is 45.1 Å². The van der Waals surface area contributed by atoms with Crippen molar-refractivity contribution in [3.05, 3.63) is 0 Å². The number of piperidine rings is 1. The predicted octanol–water partition coefficient (Wildman–Crippen LogP) is 1.53. The van der Waals surface area contributed by atoms with Crippen molar-refractivity contribution in [3.8, 4) is 0 Å². The number of ether oxygens (including phenoxy) is 1. The van der Waals surface area contributed by atoms with E-state index in [-0.39, 0.29) is 5.54 Å². The van der Waals surface area contributed by atoms with E-state index < -0.39 is 0 Å². The summed E-state index contributed by atoms with van der Waals surface area (Å²) in [7, 11) is 0. The van der Waals surface area contributed by atoms with E-state index in [1.807, 2.05) is 0 Å². The molecule has 0 bridgehead atoms. The van der Waals surface area contributed by atoms with Gasteiger partial charge in [0.1, 0.15) is 0 Å². The molecule has 3 nitrogen and oxygen atoms in total. The fraction of sp³-hybridized carbons (Fsp3) is 1.00. The van der Waals surface area contributed by atoms with E-state index in [9.17, 15) is 0 Å². The van der Waals surface area contributed by atoms with Crippen LogP contribution < -0.4 is 10.6 Å². The Bertz CT molecular complexity index is 194. The average Bonchev–Trinajstić information content (AvgIpc) is 2.29. The Hall–Kier alpha value is -0.120. The van der Waals surface area contributed by atoms with E-state index in [1.54, 1.807) is 0 Å². The van der Waals surface area contributed by atoms with Gasteiger partial charge in [0.05, 0.1) is 6.61 Å². The Morgan fingerprint density at radius 3 is 2.56 bits per heavy atom. The fourth-order valence-electron chi connectivity index (χ4n) is 2.71. The van der Waals surface area contributed by atoms with Crippen LogP contribution in [0.15, 0.2) is 0 Å². The number of hydrogen-bond donors (Lipinski definition) is 2. The Labute approximate surface area is 99.3 Å². The van der Waals surface area contributed by atoms with Crippen molar-refractivity contribution in [1.82, 2.24) is 10.6 Å². The first-order valence-corrected chi connectivity index (χ1v) is 6.66. The van der Waals surface area contributed by atoms with E-state index in [0.717, 1.165) is 19.8 Å². The van der Waals surface area contributed by atoms with Gasteiger partial charge in [0, 0.05) is 18.7 Å². The van der Waals surface area contributed by atoms with Crippen LogP contribution in [0.5, 0.6) is 0 Å². The summed E-state index contributed by atoms with van der Waals surface area (Å²) in [4.78, 5) is 0. The second-order valence-corrected chi connectivity index (χ2v) is 6.13. The highest BCUT2D eigenvalue weighted by atomic mass is 16.5. The van der Waals surface area contributed by atoms with Crippen LogP contribution in [0.4, 0.5) is 0 Å². The van der Waals surface area contributed by atoms with Crippen LogP contribution in [0.2, 0.25) is 0 Å². The molecule has 0 aromatic carbocycles. The quantitative estimate of drug-likeness (QED) is 0.766. The summed E-state index contributed by atoms with van der Waals surface area (Å²) in [6.45, 7) is 10.0. The van der Waals surface area contributed by atoms with E-state index in [4.69, 9.17) is 4.74 Å². The minimum atomic E-state index is 0.214. The summed E-state index contributed by atoms with van der Waals surface area (Å²) in [5.74, 6) is 0. The van der Waals surface area contributed by atoms with E-state index in [0.29, 0.717) is 5.41 Å². The molecule has 94 valence electrons. The third-order valence-electron chi connectivity index (χ3n) is 4.19. The largest absolute Gasteiger partial charge is 0.380 e. The summed E-state index contributed by atoms with van der Waals surface area (Å²) in [5, 5.41) is 7.19. The van der Waals surface area contributed by atoms with E-state index in [2.05, 4.69) is 24.5 Å². The van der Waals surface area contributed by atoms with Crippen molar-refractivity contribution < 1.29 is 4.74 Å². The topological polar surface area (TPSA) is 33.3 Å². The van der Waals surface area contributed by atoms with E-state index in [1.165, 1.54) is 38.8 Å². The first kappa shape index (κ1) is 12.3. The molecule has 1 unspecified atom stereocenters. The molecule has 2 aliphatic heterocycles. The Balaban J connectivity index is 1.80. The maximum Gasteiger partial charge on any atom is 0.0645 e. The van der Waals surface area contributed by atoms with Crippen LogP contribution in [0.25, 0.3) is 0 Å². The molecule has 3 heteroatoms. The maximum absolute atomic E-state index is 5.58. The maximum atomic E-state index is 5.58. The van der Waals surface area contributed by atoms with Crippen molar-refractivity contribution in [1.29, 1.82) is 0 Å². The average molecular weight is 226 g/mol. The van der Waals surface area contributed by atoms with Gasteiger partial charge in [0.2, 0.25) is 0 Å². The molecular weight excluding hydrogens is 200 g/mol. The number of nitrogens with one attached hydrogen (secondary N) is 2. The van der Waals surface area contributed by atoms with Gasteiger partial charge in [-0.3, -0.25) is 0 Å². The molecule has 0 aromatic rings. The zero-order valence-corrected chi connectivity index (χ0v) is 10.8. The molecule has 2 rings (SSSR count). The highest BCUT2D eigenvalue weighted by molar-refractivity contribution is 4.90. The normalized spacial score (nSPS) is 34.9. The van der Waals surface area contributed by atoms with Crippen molar-refractivity contribution in [2.75, 3.05) is 32.8 Å². The summed E-state index contributed by atoms with van der Waals surface area (Å²) in [5.41, 5.74) is 0.692. The molecule has 0 aromatic heterocycles.